The van der Waals surface area contributed by atoms with Gasteiger partial charge in [-0.25, -0.2) is 0 Å². The number of hydrogen-bond donors (Lipinski definition) is 1. The van der Waals surface area contributed by atoms with Gasteiger partial charge in [-0.15, -0.1) is 10.2 Å². The molecule has 24 heavy (non-hydrogen) atoms. The first kappa shape index (κ1) is 18.1. The van der Waals surface area contributed by atoms with Crippen LogP contribution in [0.3, 0.4) is 0 Å². The third-order valence-electron chi connectivity index (χ3n) is 3.10. The van der Waals surface area contributed by atoms with Crippen LogP contribution < -0.4 is 10.1 Å². The number of nitrogens with one attached hydrogen (secondary N) is 1. The molecule has 0 aliphatic heterocycles. The number of thioether (sulfide) groups is 1. The molecule has 1 unspecified atom stereocenters. The zero-order chi connectivity index (χ0) is 17.9. The van der Waals surface area contributed by atoms with Crippen molar-refractivity contribution in [3.8, 4) is 5.75 Å². The lowest BCUT2D eigenvalue weighted by molar-refractivity contribution is -0.147. The van der Waals surface area contributed by atoms with Gasteiger partial charge in [-0.2, -0.15) is 13.2 Å². The minimum absolute atomic E-state index is 0.00463. The molecule has 2 aromatic rings. The van der Waals surface area contributed by atoms with Gasteiger partial charge in [0.05, 0.1) is 18.0 Å². The van der Waals surface area contributed by atoms with Crippen molar-refractivity contribution in [1.82, 2.24) is 14.8 Å². The molecule has 130 valence electrons. The number of methoxy groups -OCH3 is 1. The molecule has 0 aliphatic carbocycles. The fourth-order valence-corrected chi connectivity index (χ4v) is 2.67. The van der Waals surface area contributed by atoms with E-state index in [1.807, 2.05) is 0 Å². The monoisotopic (exact) mass is 360 g/mol. The van der Waals surface area contributed by atoms with E-state index >= 15 is 0 Å². The van der Waals surface area contributed by atoms with Crippen LogP contribution >= 0.6 is 11.8 Å². The Morgan fingerprint density at radius 3 is 2.58 bits per heavy atom. The lowest BCUT2D eigenvalue weighted by Crippen LogP contribution is -2.23. The number of carbonyl (C=O) groups is 1. The van der Waals surface area contributed by atoms with Crippen LogP contribution in [0.25, 0.3) is 0 Å². The van der Waals surface area contributed by atoms with Crippen LogP contribution in [0.2, 0.25) is 0 Å². The van der Waals surface area contributed by atoms with Gasteiger partial charge < -0.3 is 14.6 Å². The molecule has 0 saturated heterocycles. The summed E-state index contributed by atoms with van der Waals surface area (Å²) in [5.74, 6) is -1.01. The van der Waals surface area contributed by atoms with Crippen molar-refractivity contribution in [2.75, 3.05) is 12.4 Å². The van der Waals surface area contributed by atoms with Gasteiger partial charge in [0.2, 0.25) is 11.7 Å². The van der Waals surface area contributed by atoms with Gasteiger partial charge in [-0.1, -0.05) is 23.9 Å². The van der Waals surface area contributed by atoms with E-state index in [-0.39, 0.29) is 11.1 Å². The molecule has 1 atom stereocenters. The Bertz CT molecular complexity index is 733. The second kappa shape index (κ2) is 7.12. The second-order valence-corrected chi connectivity index (χ2v) is 6.12. The standard InChI is InChI=1S/C14H15F3N4O2S/c1-8(11(22)18-9-6-4-5-7-10(9)23-3)24-13-20-19-12(21(13)2)14(15,16)17/h4-8H,1-3H3,(H,18,22). The molecule has 0 fully saturated rings. The number of para-hydroxylation sites is 2. The average molecular weight is 360 g/mol. The van der Waals surface area contributed by atoms with Gasteiger partial charge in [0.15, 0.2) is 5.16 Å². The summed E-state index contributed by atoms with van der Waals surface area (Å²) in [6.45, 7) is 1.57. The number of carbonyl (C=O) groups excluding carboxylic acids is 1. The van der Waals surface area contributed by atoms with Crippen molar-refractivity contribution in [2.24, 2.45) is 7.05 Å². The Balaban J connectivity index is 2.08. The third-order valence-corrected chi connectivity index (χ3v) is 4.24. The highest BCUT2D eigenvalue weighted by atomic mass is 32.2. The number of halogens is 3. The summed E-state index contributed by atoms with van der Waals surface area (Å²) >= 11 is 0.884. The Morgan fingerprint density at radius 1 is 1.33 bits per heavy atom. The fourth-order valence-electron chi connectivity index (χ4n) is 1.86. The van der Waals surface area contributed by atoms with Crippen molar-refractivity contribution in [3.63, 3.8) is 0 Å². The highest BCUT2D eigenvalue weighted by Gasteiger charge is 2.37. The van der Waals surface area contributed by atoms with Gasteiger partial charge in [-0.05, 0) is 19.1 Å². The van der Waals surface area contributed by atoms with E-state index in [2.05, 4.69) is 15.5 Å². The summed E-state index contributed by atoms with van der Waals surface area (Å²) < 4.78 is 44.1. The van der Waals surface area contributed by atoms with Gasteiger partial charge in [0.1, 0.15) is 5.75 Å². The summed E-state index contributed by atoms with van der Waals surface area (Å²) in [4.78, 5) is 12.2. The van der Waals surface area contributed by atoms with E-state index in [1.54, 1.807) is 31.2 Å². The quantitative estimate of drug-likeness (QED) is 0.831. The lowest BCUT2D eigenvalue weighted by atomic mass is 10.3. The fraction of sp³-hybridized carbons (Fsp3) is 0.357. The largest absolute Gasteiger partial charge is 0.495 e. The normalized spacial score (nSPS) is 12.8. The number of nitrogens with zero attached hydrogens (tertiary/aromatic N) is 3. The van der Waals surface area contributed by atoms with Gasteiger partial charge in [-0.3, -0.25) is 4.79 Å². The molecule has 10 heteroatoms. The number of alkyl halides is 3. The SMILES string of the molecule is COc1ccccc1NC(=O)C(C)Sc1nnc(C(F)(F)F)n1C. The van der Waals surface area contributed by atoms with Gasteiger partial charge in [0, 0.05) is 7.05 Å². The van der Waals surface area contributed by atoms with E-state index in [1.165, 1.54) is 14.2 Å². The number of amides is 1. The van der Waals surface area contributed by atoms with E-state index < -0.39 is 17.3 Å². The number of ether oxygens (including phenoxy) is 1. The predicted molar refractivity (Wildman–Crippen MR) is 82.9 cm³/mol. The number of anilines is 1. The average Bonchev–Trinajstić information content (AvgIpc) is 2.88. The summed E-state index contributed by atoms with van der Waals surface area (Å²) in [5, 5.41) is 8.62. The maximum Gasteiger partial charge on any atom is 0.451 e. The van der Waals surface area contributed by atoms with Crippen LogP contribution in [0.5, 0.6) is 5.75 Å². The Kier molecular flexibility index (Phi) is 5.37. The highest BCUT2D eigenvalue weighted by molar-refractivity contribution is 8.00. The third kappa shape index (κ3) is 3.99. The molecular weight excluding hydrogens is 345 g/mol. The zero-order valence-corrected chi connectivity index (χ0v) is 13.9. The molecule has 1 amide bonds. The molecule has 1 heterocycles. The summed E-state index contributed by atoms with van der Waals surface area (Å²) in [5.41, 5.74) is 0.478. The van der Waals surface area contributed by atoms with Gasteiger partial charge in [0.25, 0.3) is 0 Å². The maximum absolute atomic E-state index is 12.7. The van der Waals surface area contributed by atoms with Crippen LogP contribution in [-0.4, -0.2) is 33.0 Å². The molecule has 6 nitrogen and oxygen atoms in total. The first-order chi connectivity index (χ1) is 11.2. The molecule has 0 aliphatic rings. The molecule has 0 bridgehead atoms. The molecule has 0 saturated carbocycles. The second-order valence-electron chi connectivity index (χ2n) is 4.81. The first-order valence-electron chi connectivity index (χ1n) is 6.81. The van der Waals surface area contributed by atoms with Crippen molar-refractivity contribution in [3.05, 3.63) is 30.1 Å². The first-order valence-corrected chi connectivity index (χ1v) is 7.69. The Hall–Kier alpha value is -2.23. The minimum atomic E-state index is -4.59. The van der Waals surface area contributed by atoms with Crippen LogP contribution in [-0.2, 0) is 18.0 Å². The van der Waals surface area contributed by atoms with Crippen LogP contribution in [0, 0.1) is 0 Å². The maximum atomic E-state index is 12.7. The van der Waals surface area contributed by atoms with E-state index in [9.17, 15) is 18.0 Å². The number of hydrogen-bond acceptors (Lipinski definition) is 5. The van der Waals surface area contributed by atoms with Crippen molar-refractivity contribution in [1.29, 1.82) is 0 Å². The molecule has 1 aromatic heterocycles. The Labute approximate surface area is 140 Å². The van der Waals surface area contributed by atoms with Crippen molar-refractivity contribution < 1.29 is 22.7 Å². The summed E-state index contributed by atoms with van der Waals surface area (Å²) in [6.07, 6.45) is -4.59. The zero-order valence-electron chi connectivity index (χ0n) is 13.1. The molecule has 1 N–H and O–H groups in total. The van der Waals surface area contributed by atoms with Gasteiger partial charge >= 0.3 is 6.18 Å². The molecule has 1 aromatic carbocycles. The van der Waals surface area contributed by atoms with E-state index in [0.717, 1.165) is 16.3 Å². The lowest BCUT2D eigenvalue weighted by Gasteiger charge is -2.14. The smallest absolute Gasteiger partial charge is 0.451 e. The summed E-state index contributed by atoms with van der Waals surface area (Å²) in [6, 6.07) is 6.84. The van der Waals surface area contributed by atoms with Crippen LogP contribution in [0.15, 0.2) is 29.4 Å². The number of benzene rings is 1. The number of aromatic nitrogens is 3. The molecular formula is C14H15F3N4O2S. The molecule has 0 spiro atoms. The van der Waals surface area contributed by atoms with Crippen LogP contribution in [0.4, 0.5) is 18.9 Å². The van der Waals surface area contributed by atoms with E-state index in [4.69, 9.17) is 4.74 Å². The number of rotatable bonds is 5. The predicted octanol–water partition coefficient (Wildman–Crippen LogP) is 2.96. The van der Waals surface area contributed by atoms with Crippen molar-refractivity contribution >= 4 is 23.4 Å². The van der Waals surface area contributed by atoms with Crippen molar-refractivity contribution in [2.45, 2.75) is 23.5 Å². The molecule has 0 radical (unpaired) electrons. The van der Waals surface area contributed by atoms with Crippen LogP contribution in [0.1, 0.15) is 12.7 Å². The minimum Gasteiger partial charge on any atom is -0.495 e. The summed E-state index contributed by atoms with van der Waals surface area (Å²) in [7, 11) is 2.68. The van der Waals surface area contributed by atoms with E-state index in [0.29, 0.717) is 11.4 Å². The topological polar surface area (TPSA) is 69.0 Å². The highest BCUT2D eigenvalue weighted by Crippen LogP contribution is 2.31. The molecule has 2 rings (SSSR count). The Morgan fingerprint density at radius 2 is 2.00 bits per heavy atom.